The lowest BCUT2D eigenvalue weighted by molar-refractivity contribution is -0.110. The van der Waals surface area contributed by atoms with Crippen LogP contribution in [0, 0.1) is 6.92 Å². The van der Waals surface area contributed by atoms with Gasteiger partial charge < -0.3 is 20.1 Å². The molecule has 0 unspecified atom stereocenters. The zero-order valence-corrected chi connectivity index (χ0v) is 21.4. The van der Waals surface area contributed by atoms with Crippen LogP contribution < -0.4 is 20.1 Å². The van der Waals surface area contributed by atoms with Gasteiger partial charge in [-0.25, -0.2) is 0 Å². The molecule has 2 aromatic carbocycles. The summed E-state index contributed by atoms with van der Waals surface area (Å²) in [5.41, 5.74) is 1.72. The van der Waals surface area contributed by atoms with Gasteiger partial charge in [-0.1, -0.05) is 23.2 Å². The quantitative estimate of drug-likeness (QED) is 0.507. The third kappa shape index (κ3) is 10.6. The van der Waals surface area contributed by atoms with Crippen molar-refractivity contribution in [2.45, 2.75) is 44.7 Å². The van der Waals surface area contributed by atoms with E-state index in [2.05, 4.69) is 24.5 Å². The summed E-state index contributed by atoms with van der Waals surface area (Å²) >= 11 is 11.4. The minimum absolute atomic E-state index is 0.0844. The molecular weight excluding hydrogens is 463 g/mol. The van der Waals surface area contributed by atoms with Crippen LogP contribution in [0.5, 0.6) is 11.5 Å². The Morgan fingerprint density at radius 3 is 1.73 bits per heavy atom. The third-order valence-corrected chi connectivity index (χ3v) is 6.02. The number of aryl methyl sites for hydroxylation is 1. The normalized spacial score (nSPS) is 20.7. The highest BCUT2D eigenvalue weighted by molar-refractivity contribution is 6.31. The van der Waals surface area contributed by atoms with Gasteiger partial charge in [-0.2, -0.15) is 0 Å². The fraction of sp³-hybridized carbons (Fsp3) is 0.440. The molecule has 0 aliphatic heterocycles. The standard InChI is InChI=1S/C9H9ClO2.C8H7ClO2.C8H18N2/c1-7-6-8(12-5-4-11)2-3-9(7)10;9-7-1-3-8(4-2-7)11-6-5-10;1-7(9-3)5-8(2,6-7)10-4/h2-4,6H,5H2,1H3;1-5H,6H2;9-10H,5-6H2,1-4H3. The zero-order valence-electron chi connectivity index (χ0n) is 19.9. The Morgan fingerprint density at radius 1 is 0.848 bits per heavy atom. The summed E-state index contributed by atoms with van der Waals surface area (Å²) in [4.78, 5) is 19.9. The number of aldehydes is 2. The van der Waals surface area contributed by atoms with E-state index in [1.807, 2.05) is 21.0 Å². The molecule has 1 aliphatic carbocycles. The lowest BCUT2D eigenvalue weighted by Crippen LogP contribution is -2.65. The van der Waals surface area contributed by atoms with Crippen molar-refractivity contribution in [3.63, 3.8) is 0 Å². The Kier molecular flexibility index (Phi) is 12.4. The molecule has 2 N–H and O–H groups in total. The predicted octanol–water partition coefficient (Wildman–Crippen LogP) is 4.88. The zero-order chi connectivity index (χ0) is 24.9. The summed E-state index contributed by atoms with van der Waals surface area (Å²) in [6.07, 6.45) is 3.87. The van der Waals surface area contributed by atoms with Gasteiger partial charge in [-0.15, -0.1) is 0 Å². The van der Waals surface area contributed by atoms with E-state index in [4.69, 9.17) is 32.7 Å². The van der Waals surface area contributed by atoms with Gasteiger partial charge in [0.15, 0.2) is 12.6 Å². The van der Waals surface area contributed by atoms with Gasteiger partial charge in [0.1, 0.15) is 24.7 Å². The number of halogens is 2. The number of benzene rings is 2. The number of hydrogen-bond donors (Lipinski definition) is 2. The maximum absolute atomic E-state index is 9.98. The first-order valence-corrected chi connectivity index (χ1v) is 11.4. The fourth-order valence-corrected chi connectivity index (χ4v) is 3.77. The van der Waals surface area contributed by atoms with Crippen LogP contribution in [0.1, 0.15) is 32.3 Å². The van der Waals surface area contributed by atoms with Crippen LogP contribution in [0.3, 0.4) is 0 Å². The molecule has 6 nitrogen and oxygen atoms in total. The molecule has 0 aromatic heterocycles. The maximum atomic E-state index is 9.98. The molecule has 182 valence electrons. The Morgan fingerprint density at radius 2 is 1.30 bits per heavy atom. The smallest absolute Gasteiger partial charge is 0.157 e. The molecule has 0 spiro atoms. The third-order valence-electron chi connectivity index (χ3n) is 5.35. The molecular formula is C25H34Cl2N2O4. The number of hydrogen-bond acceptors (Lipinski definition) is 6. The van der Waals surface area contributed by atoms with E-state index >= 15 is 0 Å². The molecule has 0 radical (unpaired) electrons. The monoisotopic (exact) mass is 496 g/mol. The van der Waals surface area contributed by atoms with Gasteiger partial charge in [-0.05, 0) is 95.7 Å². The number of nitrogens with one attached hydrogen (secondary N) is 2. The summed E-state index contributed by atoms with van der Waals surface area (Å²) in [6.45, 7) is 6.59. The average Bonchev–Trinajstić information content (AvgIpc) is 2.79. The summed E-state index contributed by atoms with van der Waals surface area (Å²) in [7, 11) is 4.07. The van der Waals surface area contributed by atoms with Crippen LogP contribution in [0.25, 0.3) is 0 Å². The highest BCUT2D eigenvalue weighted by atomic mass is 35.5. The van der Waals surface area contributed by atoms with E-state index in [0.717, 1.165) is 5.56 Å². The second-order valence-electron chi connectivity index (χ2n) is 8.30. The summed E-state index contributed by atoms with van der Waals surface area (Å²) in [5.74, 6) is 1.32. The highest BCUT2D eigenvalue weighted by Crippen LogP contribution is 2.39. The minimum Gasteiger partial charge on any atom is -0.486 e. The lowest BCUT2D eigenvalue weighted by Gasteiger charge is -2.53. The summed E-state index contributed by atoms with van der Waals surface area (Å²) in [5, 5.41) is 8.01. The van der Waals surface area contributed by atoms with Crippen molar-refractivity contribution in [1.29, 1.82) is 0 Å². The molecule has 8 heteroatoms. The summed E-state index contributed by atoms with van der Waals surface area (Å²) < 4.78 is 10.0. The van der Waals surface area contributed by atoms with Gasteiger partial charge in [0.25, 0.3) is 0 Å². The molecule has 0 bridgehead atoms. The average molecular weight is 497 g/mol. The van der Waals surface area contributed by atoms with Crippen molar-refractivity contribution >= 4 is 35.8 Å². The van der Waals surface area contributed by atoms with E-state index in [0.29, 0.717) is 45.2 Å². The second-order valence-corrected chi connectivity index (χ2v) is 9.14. The molecule has 1 aliphatic rings. The van der Waals surface area contributed by atoms with E-state index in [9.17, 15) is 9.59 Å². The SMILES string of the molecule is CNC1(C)CC(C)(NC)C1.Cc1cc(OCC=O)ccc1Cl.O=CCOc1ccc(Cl)cc1. The molecule has 1 fully saturated rings. The number of ether oxygens (including phenoxy) is 2. The van der Waals surface area contributed by atoms with Crippen LogP contribution >= 0.6 is 23.2 Å². The van der Waals surface area contributed by atoms with Crippen LogP contribution in [0.4, 0.5) is 0 Å². The van der Waals surface area contributed by atoms with Gasteiger partial charge >= 0.3 is 0 Å². The van der Waals surface area contributed by atoms with Crippen molar-refractivity contribution in [2.75, 3.05) is 27.3 Å². The van der Waals surface area contributed by atoms with E-state index in [1.165, 1.54) is 12.8 Å². The Labute approximate surface area is 206 Å². The second kappa shape index (κ2) is 14.2. The van der Waals surface area contributed by atoms with Crippen molar-refractivity contribution < 1.29 is 19.1 Å². The van der Waals surface area contributed by atoms with Crippen molar-refractivity contribution in [2.24, 2.45) is 0 Å². The van der Waals surface area contributed by atoms with Gasteiger partial charge in [0.2, 0.25) is 0 Å². The van der Waals surface area contributed by atoms with Gasteiger partial charge in [0, 0.05) is 21.1 Å². The Balaban J connectivity index is 0.000000249. The number of carbonyl (C=O) groups is 2. The molecule has 3 rings (SSSR count). The van der Waals surface area contributed by atoms with Crippen molar-refractivity contribution in [3.05, 3.63) is 58.1 Å². The fourth-order valence-electron chi connectivity index (χ4n) is 3.52. The van der Waals surface area contributed by atoms with Crippen molar-refractivity contribution in [3.8, 4) is 11.5 Å². The number of rotatable bonds is 8. The summed E-state index contributed by atoms with van der Waals surface area (Å²) in [6, 6.07) is 12.1. The van der Waals surface area contributed by atoms with Crippen LogP contribution in [0.2, 0.25) is 10.0 Å². The van der Waals surface area contributed by atoms with E-state index in [1.54, 1.807) is 42.5 Å². The Hall–Kier alpha value is -2.12. The molecule has 33 heavy (non-hydrogen) atoms. The first kappa shape index (κ1) is 28.9. The minimum atomic E-state index is 0.0844. The molecule has 0 heterocycles. The van der Waals surface area contributed by atoms with E-state index in [-0.39, 0.29) is 13.2 Å². The topological polar surface area (TPSA) is 76.7 Å². The predicted molar refractivity (Wildman–Crippen MR) is 135 cm³/mol. The van der Waals surface area contributed by atoms with Crippen LogP contribution in [-0.2, 0) is 9.59 Å². The van der Waals surface area contributed by atoms with E-state index < -0.39 is 0 Å². The molecule has 0 saturated heterocycles. The molecule has 2 aromatic rings. The largest absolute Gasteiger partial charge is 0.486 e. The maximum Gasteiger partial charge on any atom is 0.157 e. The molecule has 1 saturated carbocycles. The molecule has 0 atom stereocenters. The van der Waals surface area contributed by atoms with Crippen LogP contribution in [-0.4, -0.2) is 51.0 Å². The number of carbonyl (C=O) groups excluding carboxylic acids is 2. The van der Waals surface area contributed by atoms with Gasteiger partial charge in [0.05, 0.1) is 0 Å². The highest BCUT2D eigenvalue weighted by Gasteiger charge is 2.46. The first-order valence-electron chi connectivity index (χ1n) is 10.6. The van der Waals surface area contributed by atoms with Crippen LogP contribution in [0.15, 0.2) is 42.5 Å². The van der Waals surface area contributed by atoms with Crippen molar-refractivity contribution in [1.82, 2.24) is 10.6 Å². The first-order chi connectivity index (χ1) is 15.6. The molecule has 0 amide bonds. The Bertz CT molecular complexity index is 855. The lowest BCUT2D eigenvalue weighted by atomic mass is 9.65. The van der Waals surface area contributed by atoms with Gasteiger partial charge in [-0.3, -0.25) is 9.59 Å².